The van der Waals surface area contributed by atoms with Crippen molar-refractivity contribution in [3.05, 3.63) is 132 Å². The largest absolute Gasteiger partial charge is 0.473 e. The molecule has 0 atom stereocenters. The van der Waals surface area contributed by atoms with Crippen LogP contribution in [0.3, 0.4) is 0 Å². The van der Waals surface area contributed by atoms with E-state index in [1.165, 1.54) is 6.08 Å². The molecule has 0 saturated heterocycles. The standard InChI is InChI=1S/C29H22O3.C2H6/c1-2-28(30)31-20-21-13-15-25-22(19-21)14-16-27-26(25)17-18-29(32-27,23-9-5-3-6-10-23)24-11-7-4-8-12-24;1-2/h2-19H,1,20H2;1-2H3. The van der Waals surface area contributed by atoms with E-state index in [9.17, 15) is 4.79 Å². The second kappa shape index (κ2) is 10.2. The fourth-order valence-electron chi connectivity index (χ4n) is 4.20. The molecule has 3 heteroatoms. The molecule has 1 heterocycles. The maximum absolute atomic E-state index is 11.4. The number of benzene rings is 4. The maximum atomic E-state index is 11.4. The number of rotatable bonds is 5. The summed E-state index contributed by atoms with van der Waals surface area (Å²) in [6, 6.07) is 30.7. The first-order valence-corrected chi connectivity index (χ1v) is 11.5. The predicted molar refractivity (Wildman–Crippen MR) is 139 cm³/mol. The summed E-state index contributed by atoms with van der Waals surface area (Å²) in [5.41, 5.74) is 3.43. The third kappa shape index (κ3) is 4.38. The first-order valence-electron chi connectivity index (χ1n) is 11.5. The first-order chi connectivity index (χ1) is 16.7. The number of carbonyl (C=O) groups excluding carboxylic acids is 1. The molecule has 170 valence electrons. The van der Waals surface area contributed by atoms with Gasteiger partial charge in [-0.1, -0.05) is 99.3 Å². The van der Waals surface area contributed by atoms with Gasteiger partial charge in [-0.2, -0.15) is 0 Å². The lowest BCUT2D eigenvalue weighted by Crippen LogP contribution is -2.34. The van der Waals surface area contributed by atoms with Gasteiger partial charge in [-0.05, 0) is 40.6 Å². The third-order valence-corrected chi connectivity index (χ3v) is 5.79. The molecule has 0 aromatic heterocycles. The van der Waals surface area contributed by atoms with Crippen molar-refractivity contribution in [1.29, 1.82) is 0 Å². The summed E-state index contributed by atoms with van der Waals surface area (Å²) >= 11 is 0. The molecule has 0 aliphatic carbocycles. The Morgan fingerprint density at radius 3 is 2.18 bits per heavy atom. The van der Waals surface area contributed by atoms with E-state index in [2.05, 4.69) is 49.1 Å². The monoisotopic (exact) mass is 448 g/mol. The molecular formula is C31H28O3. The van der Waals surface area contributed by atoms with Crippen molar-refractivity contribution in [2.75, 3.05) is 0 Å². The van der Waals surface area contributed by atoms with Crippen LogP contribution in [0.15, 0.2) is 110 Å². The zero-order valence-electron chi connectivity index (χ0n) is 19.5. The maximum Gasteiger partial charge on any atom is 0.330 e. The molecule has 0 spiro atoms. The van der Waals surface area contributed by atoms with Gasteiger partial charge in [0.25, 0.3) is 0 Å². The molecule has 0 amide bonds. The second-order valence-electron chi connectivity index (χ2n) is 7.75. The van der Waals surface area contributed by atoms with Gasteiger partial charge in [-0.3, -0.25) is 0 Å². The van der Waals surface area contributed by atoms with Crippen LogP contribution in [0.25, 0.3) is 16.8 Å². The van der Waals surface area contributed by atoms with Crippen molar-refractivity contribution in [3.8, 4) is 5.75 Å². The molecule has 0 saturated carbocycles. The lowest BCUT2D eigenvalue weighted by Gasteiger charge is -2.36. The Hall–Kier alpha value is -4.11. The van der Waals surface area contributed by atoms with Crippen LogP contribution in [-0.2, 0) is 21.7 Å². The molecule has 0 radical (unpaired) electrons. The van der Waals surface area contributed by atoms with Gasteiger partial charge in [0.2, 0.25) is 0 Å². The molecule has 0 bridgehead atoms. The molecule has 0 unspecified atom stereocenters. The topological polar surface area (TPSA) is 35.5 Å². The Kier molecular flexibility index (Phi) is 6.93. The molecule has 34 heavy (non-hydrogen) atoms. The Balaban J connectivity index is 0.00000133. The van der Waals surface area contributed by atoms with Gasteiger partial charge in [0.1, 0.15) is 12.4 Å². The van der Waals surface area contributed by atoms with E-state index in [0.29, 0.717) is 0 Å². The Labute approximate surface area is 201 Å². The van der Waals surface area contributed by atoms with Crippen molar-refractivity contribution >= 4 is 22.8 Å². The van der Waals surface area contributed by atoms with Crippen molar-refractivity contribution in [3.63, 3.8) is 0 Å². The fourth-order valence-corrected chi connectivity index (χ4v) is 4.20. The molecule has 4 aromatic carbocycles. The first kappa shape index (κ1) is 23.1. The zero-order valence-corrected chi connectivity index (χ0v) is 19.5. The van der Waals surface area contributed by atoms with Crippen LogP contribution >= 0.6 is 0 Å². The summed E-state index contributed by atoms with van der Waals surface area (Å²) in [7, 11) is 0. The van der Waals surface area contributed by atoms with Crippen molar-refractivity contribution in [1.82, 2.24) is 0 Å². The van der Waals surface area contributed by atoms with Gasteiger partial charge in [0.05, 0.1) is 0 Å². The average molecular weight is 449 g/mol. The molecule has 0 fully saturated rings. The Morgan fingerprint density at radius 1 is 0.912 bits per heavy atom. The van der Waals surface area contributed by atoms with Crippen LogP contribution in [0, 0.1) is 0 Å². The van der Waals surface area contributed by atoms with Gasteiger partial charge in [-0.25, -0.2) is 4.79 Å². The average Bonchev–Trinajstić information content (AvgIpc) is 2.93. The smallest absolute Gasteiger partial charge is 0.330 e. The van der Waals surface area contributed by atoms with E-state index >= 15 is 0 Å². The highest BCUT2D eigenvalue weighted by atomic mass is 16.5. The SMILES string of the molecule is C=CC(=O)OCc1ccc2c3c(ccc2c1)OC(c1ccccc1)(c1ccccc1)C=C3.CC. The molecule has 1 aliphatic rings. The molecule has 0 N–H and O–H groups in total. The van der Waals surface area contributed by atoms with E-state index in [1.807, 2.05) is 74.5 Å². The Bertz CT molecular complexity index is 1280. The quantitative estimate of drug-likeness (QED) is 0.235. The van der Waals surface area contributed by atoms with E-state index in [1.54, 1.807) is 0 Å². The van der Waals surface area contributed by atoms with E-state index < -0.39 is 11.6 Å². The zero-order chi connectivity index (χ0) is 24.0. The molecular weight excluding hydrogens is 420 g/mol. The Morgan fingerprint density at radius 2 is 1.56 bits per heavy atom. The number of carbonyl (C=O) groups is 1. The lowest BCUT2D eigenvalue weighted by atomic mass is 9.83. The summed E-state index contributed by atoms with van der Waals surface area (Å²) < 4.78 is 11.9. The molecule has 5 rings (SSSR count). The van der Waals surface area contributed by atoms with Crippen LogP contribution in [0.4, 0.5) is 0 Å². The summed E-state index contributed by atoms with van der Waals surface area (Å²) in [5.74, 6) is 0.406. The van der Waals surface area contributed by atoms with Crippen LogP contribution in [0.2, 0.25) is 0 Å². The normalized spacial score (nSPS) is 13.1. The highest BCUT2D eigenvalue weighted by Crippen LogP contribution is 2.44. The summed E-state index contributed by atoms with van der Waals surface area (Å²) in [5, 5.41) is 2.16. The van der Waals surface area contributed by atoms with E-state index in [4.69, 9.17) is 9.47 Å². The summed E-state index contributed by atoms with van der Waals surface area (Å²) in [4.78, 5) is 11.4. The highest BCUT2D eigenvalue weighted by Gasteiger charge is 2.37. The summed E-state index contributed by atoms with van der Waals surface area (Å²) in [6.45, 7) is 7.65. The fraction of sp³-hybridized carbons (Fsp3) is 0.129. The van der Waals surface area contributed by atoms with Crippen molar-refractivity contribution in [2.24, 2.45) is 0 Å². The van der Waals surface area contributed by atoms with Crippen molar-refractivity contribution in [2.45, 2.75) is 26.1 Å². The molecule has 1 aliphatic heterocycles. The van der Waals surface area contributed by atoms with Gasteiger partial charge in [0.15, 0.2) is 5.60 Å². The number of fused-ring (bicyclic) bond motifs is 3. The molecule has 4 aromatic rings. The van der Waals surface area contributed by atoms with Gasteiger partial charge in [-0.15, -0.1) is 0 Å². The lowest BCUT2D eigenvalue weighted by molar-refractivity contribution is -0.138. The highest BCUT2D eigenvalue weighted by molar-refractivity contribution is 5.94. The van der Waals surface area contributed by atoms with E-state index in [-0.39, 0.29) is 6.61 Å². The second-order valence-corrected chi connectivity index (χ2v) is 7.75. The van der Waals surface area contributed by atoms with Crippen molar-refractivity contribution < 1.29 is 14.3 Å². The van der Waals surface area contributed by atoms with Gasteiger partial charge in [0, 0.05) is 22.8 Å². The minimum atomic E-state index is -0.692. The van der Waals surface area contributed by atoms with E-state index in [0.717, 1.165) is 38.8 Å². The van der Waals surface area contributed by atoms with Crippen LogP contribution in [0.5, 0.6) is 5.75 Å². The predicted octanol–water partition coefficient (Wildman–Crippen LogP) is 7.44. The van der Waals surface area contributed by atoms with Gasteiger partial charge >= 0.3 is 5.97 Å². The van der Waals surface area contributed by atoms with Crippen LogP contribution < -0.4 is 4.74 Å². The number of esters is 1. The summed E-state index contributed by atoms with van der Waals surface area (Å²) in [6.07, 6.45) is 5.46. The minimum Gasteiger partial charge on any atom is -0.473 e. The molecule has 3 nitrogen and oxygen atoms in total. The number of hydrogen-bond acceptors (Lipinski definition) is 3. The minimum absolute atomic E-state index is 0.218. The number of ether oxygens (including phenoxy) is 2. The van der Waals surface area contributed by atoms with Crippen LogP contribution in [-0.4, -0.2) is 5.97 Å². The van der Waals surface area contributed by atoms with Gasteiger partial charge < -0.3 is 9.47 Å². The number of hydrogen-bond donors (Lipinski definition) is 0. The third-order valence-electron chi connectivity index (χ3n) is 5.79. The van der Waals surface area contributed by atoms with Crippen LogP contribution in [0.1, 0.15) is 36.1 Å².